The molecule has 0 bridgehead atoms. The smallest absolute Gasteiger partial charge is 0.326 e. The summed E-state index contributed by atoms with van der Waals surface area (Å²) in [5, 5.41) is 17.7. The Morgan fingerprint density at radius 1 is 1.17 bits per heavy atom. The first-order valence-electron chi connectivity index (χ1n) is 8.34. The van der Waals surface area contributed by atoms with Gasteiger partial charge >= 0.3 is 5.97 Å². The minimum absolute atomic E-state index is 0.133. The molecule has 2 amide bonds. The first kappa shape index (κ1) is 19.4. The molecule has 132 valence electrons. The summed E-state index contributed by atoms with van der Waals surface area (Å²) in [4.78, 5) is 36.0. The highest BCUT2D eigenvalue weighted by Gasteiger charge is 2.32. The van der Waals surface area contributed by atoms with E-state index >= 15 is 0 Å². The van der Waals surface area contributed by atoms with E-state index < -0.39 is 24.0 Å². The average molecular weight is 327 g/mol. The van der Waals surface area contributed by atoms with E-state index in [0.29, 0.717) is 6.42 Å². The van der Waals surface area contributed by atoms with Crippen molar-refractivity contribution in [1.82, 2.24) is 16.0 Å². The molecule has 23 heavy (non-hydrogen) atoms. The molecule has 4 atom stereocenters. The van der Waals surface area contributed by atoms with Gasteiger partial charge in [0, 0.05) is 0 Å². The Bertz CT molecular complexity index is 433. The van der Waals surface area contributed by atoms with Crippen LogP contribution in [0.15, 0.2) is 0 Å². The third kappa shape index (κ3) is 5.49. The third-order valence-electron chi connectivity index (χ3n) is 4.40. The van der Waals surface area contributed by atoms with Crippen molar-refractivity contribution < 1.29 is 19.5 Å². The highest BCUT2D eigenvalue weighted by Crippen LogP contribution is 2.11. The van der Waals surface area contributed by atoms with E-state index in [1.54, 1.807) is 6.92 Å². The maximum absolute atomic E-state index is 12.5. The monoisotopic (exact) mass is 327 g/mol. The Hall–Kier alpha value is -1.63. The number of nitrogens with one attached hydrogen (secondary N) is 3. The summed E-state index contributed by atoms with van der Waals surface area (Å²) in [6.45, 7) is 8.10. The Labute approximate surface area is 137 Å². The second-order valence-electron chi connectivity index (χ2n) is 6.59. The van der Waals surface area contributed by atoms with Gasteiger partial charge in [-0.15, -0.1) is 0 Å². The maximum Gasteiger partial charge on any atom is 0.326 e. The molecule has 0 aromatic carbocycles. The Kier molecular flexibility index (Phi) is 7.48. The first-order valence-corrected chi connectivity index (χ1v) is 8.34. The summed E-state index contributed by atoms with van der Waals surface area (Å²) >= 11 is 0. The number of amides is 2. The molecule has 7 heteroatoms. The van der Waals surface area contributed by atoms with Crippen LogP contribution in [0.5, 0.6) is 0 Å². The summed E-state index contributed by atoms with van der Waals surface area (Å²) in [6, 6.07) is -1.96. The molecular formula is C16H29N3O4. The van der Waals surface area contributed by atoms with Gasteiger partial charge < -0.3 is 21.1 Å². The van der Waals surface area contributed by atoms with Crippen LogP contribution in [0.2, 0.25) is 0 Å². The summed E-state index contributed by atoms with van der Waals surface area (Å²) in [7, 11) is 0. The molecule has 0 aliphatic carbocycles. The molecule has 1 aliphatic heterocycles. The zero-order chi connectivity index (χ0) is 17.6. The number of carbonyl (C=O) groups excluding carboxylic acids is 2. The lowest BCUT2D eigenvalue weighted by atomic mass is 9.97. The number of carboxylic acid groups (broad SMARTS) is 1. The number of hydrogen-bond donors (Lipinski definition) is 4. The summed E-state index contributed by atoms with van der Waals surface area (Å²) in [6.07, 6.45) is 2.33. The molecule has 1 rings (SSSR count). The van der Waals surface area contributed by atoms with Gasteiger partial charge in [0.15, 0.2) is 0 Å². The fourth-order valence-electron chi connectivity index (χ4n) is 2.62. The van der Waals surface area contributed by atoms with Crippen LogP contribution >= 0.6 is 0 Å². The molecule has 1 heterocycles. The van der Waals surface area contributed by atoms with E-state index in [9.17, 15) is 19.5 Å². The topological polar surface area (TPSA) is 108 Å². The van der Waals surface area contributed by atoms with Crippen LogP contribution in [0.25, 0.3) is 0 Å². The van der Waals surface area contributed by atoms with Gasteiger partial charge in [0.25, 0.3) is 0 Å². The van der Waals surface area contributed by atoms with Crippen molar-refractivity contribution in [1.29, 1.82) is 0 Å². The van der Waals surface area contributed by atoms with E-state index in [1.807, 2.05) is 20.8 Å². The van der Waals surface area contributed by atoms with E-state index in [1.165, 1.54) is 0 Å². The molecule has 0 aromatic heterocycles. The number of hydrogen-bond acceptors (Lipinski definition) is 4. The highest BCUT2D eigenvalue weighted by atomic mass is 16.4. The van der Waals surface area contributed by atoms with Crippen LogP contribution in [-0.4, -0.2) is 47.6 Å². The largest absolute Gasteiger partial charge is 0.480 e. The third-order valence-corrected chi connectivity index (χ3v) is 4.40. The van der Waals surface area contributed by atoms with Gasteiger partial charge in [-0.25, -0.2) is 4.79 Å². The number of aliphatic carboxylic acids is 1. The lowest BCUT2D eigenvalue weighted by molar-refractivity contribution is -0.144. The van der Waals surface area contributed by atoms with E-state index in [2.05, 4.69) is 16.0 Å². The number of carbonyl (C=O) groups is 3. The fourth-order valence-corrected chi connectivity index (χ4v) is 2.62. The van der Waals surface area contributed by atoms with Crippen molar-refractivity contribution in [3.8, 4) is 0 Å². The summed E-state index contributed by atoms with van der Waals surface area (Å²) in [5.74, 6) is -2.02. The molecule has 7 nitrogen and oxygen atoms in total. The molecule has 1 aliphatic rings. The van der Waals surface area contributed by atoms with Crippen molar-refractivity contribution in [2.75, 3.05) is 6.54 Å². The average Bonchev–Trinajstić information content (AvgIpc) is 3.02. The van der Waals surface area contributed by atoms with Gasteiger partial charge in [-0.05, 0) is 31.2 Å². The zero-order valence-electron chi connectivity index (χ0n) is 14.4. The van der Waals surface area contributed by atoms with Crippen LogP contribution in [0.1, 0.15) is 47.0 Å². The molecule has 0 radical (unpaired) electrons. The standard InChI is InChI=1S/C16H29N3O4/c1-5-10(4)13(16(22)23)19-15(21)12(9(2)3)18-14(20)11-7-6-8-17-11/h9-13,17H,5-8H2,1-4H3,(H,18,20)(H,19,21)(H,22,23)/t10-,11-,12-,13-/m0/s1. The Balaban J connectivity index is 2.73. The molecule has 0 aromatic rings. The lowest BCUT2D eigenvalue weighted by Crippen LogP contribution is -2.57. The van der Waals surface area contributed by atoms with Gasteiger partial charge in [-0.3, -0.25) is 9.59 Å². The van der Waals surface area contributed by atoms with Crippen molar-refractivity contribution in [3.05, 3.63) is 0 Å². The highest BCUT2D eigenvalue weighted by molar-refractivity contribution is 5.92. The normalized spacial score (nSPS) is 21.5. The van der Waals surface area contributed by atoms with Crippen molar-refractivity contribution in [2.24, 2.45) is 11.8 Å². The van der Waals surface area contributed by atoms with Gasteiger partial charge in [-0.1, -0.05) is 34.1 Å². The Morgan fingerprint density at radius 3 is 2.26 bits per heavy atom. The molecule has 0 unspecified atom stereocenters. The summed E-state index contributed by atoms with van der Waals surface area (Å²) < 4.78 is 0. The lowest BCUT2D eigenvalue weighted by Gasteiger charge is -2.27. The number of carboxylic acids is 1. The van der Waals surface area contributed by atoms with Crippen LogP contribution in [0, 0.1) is 11.8 Å². The molecule has 0 spiro atoms. The van der Waals surface area contributed by atoms with Crippen molar-refractivity contribution in [2.45, 2.75) is 65.1 Å². The van der Waals surface area contributed by atoms with Crippen LogP contribution in [-0.2, 0) is 14.4 Å². The SMILES string of the molecule is CC[C@H](C)[C@H](NC(=O)[C@@H](NC(=O)[C@@H]1CCCN1)C(C)C)C(=O)O. The van der Waals surface area contributed by atoms with Crippen molar-refractivity contribution >= 4 is 17.8 Å². The first-order chi connectivity index (χ1) is 10.8. The van der Waals surface area contributed by atoms with E-state index in [4.69, 9.17) is 0 Å². The molecule has 4 N–H and O–H groups in total. The quantitative estimate of drug-likeness (QED) is 0.519. The van der Waals surface area contributed by atoms with E-state index in [0.717, 1.165) is 19.4 Å². The molecule has 0 saturated carbocycles. The predicted molar refractivity (Wildman–Crippen MR) is 86.8 cm³/mol. The second-order valence-corrected chi connectivity index (χ2v) is 6.59. The van der Waals surface area contributed by atoms with Gasteiger partial charge in [-0.2, -0.15) is 0 Å². The van der Waals surface area contributed by atoms with Crippen molar-refractivity contribution in [3.63, 3.8) is 0 Å². The minimum Gasteiger partial charge on any atom is -0.480 e. The fraction of sp³-hybridized carbons (Fsp3) is 0.812. The molecule has 1 saturated heterocycles. The second kappa shape index (κ2) is 8.86. The minimum atomic E-state index is -1.06. The van der Waals surface area contributed by atoms with Crippen LogP contribution in [0.3, 0.4) is 0 Å². The molecule has 1 fully saturated rings. The van der Waals surface area contributed by atoms with Crippen LogP contribution in [0.4, 0.5) is 0 Å². The van der Waals surface area contributed by atoms with Gasteiger partial charge in [0.05, 0.1) is 6.04 Å². The Morgan fingerprint density at radius 2 is 1.83 bits per heavy atom. The van der Waals surface area contributed by atoms with Gasteiger partial charge in [0.2, 0.25) is 11.8 Å². The van der Waals surface area contributed by atoms with Crippen LogP contribution < -0.4 is 16.0 Å². The number of rotatable bonds is 8. The zero-order valence-corrected chi connectivity index (χ0v) is 14.4. The predicted octanol–water partition coefficient (Wildman–Crippen LogP) is 0.495. The summed E-state index contributed by atoms with van der Waals surface area (Å²) in [5.41, 5.74) is 0. The van der Waals surface area contributed by atoms with E-state index in [-0.39, 0.29) is 23.8 Å². The molecular weight excluding hydrogens is 298 g/mol. The maximum atomic E-state index is 12.5. The van der Waals surface area contributed by atoms with Gasteiger partial charge in [0.1, 0.15) is 12.1 Å².